The second-order valence-corrected chi connectivity index (χ2v) is 5.53. The summed E-state index contributed by atoms with van der Waals surface area (Å²) in [5, 5.41) is 2.31. The number of nitrogens with zero attached hydrogens (tertiary/aromatic N) is 1. The molecule has 0 aliphatic heterocycles. The van der Waals surface area contributed by atoms with Crippen LogP contribution >= 0.6 is 15.9 Å². The Bertz CT molecular complexity index is 484. The summed E-state index contributed by atoms with van der Waals surface area (Å²) in [6.07, 6.45) is -4.39. The van der Waals surface area contributed by atoms with E-state index in [-0.39, 0.29) is 10.2 Å². The molecule has 1 rings (SSSR count). The van der Waals surface area contributed by atoms with Crippen molar-refractivity contribution >= 4 is 27.7 Å². The van der Waals surface area contributed by atoms with Crippen LogP contribution in [-0.4, -0.2) is 16.7 Å². The Morgan fingerprint density at radius 3 is 2.37 bits per heavy atom. The molecule has 0 saturated carbocycles. The predicted octanol–water partition coefficient (Wildman–Crippen LogP) is 4.21. The Balaban J connectivity index is 2.84. The molecule has 0 unspecified atom stereocenters. The number of ether oxygens (including phenoxy) is 1. The van der Waals surface area contributed by atoms with E-state index in [9.17, 15) is 18.0 Å². The van der Waals surface area contributed by atoms with Gasteiger partial charge in [-0.3, -0.25) is 5.32 Å². The molecule has 1 aromatic rings. The molecule has 19 heavy (non-hydrogen) atoms. The fourth-order valence-electron chi connectivity index (χ4n) is 1.09. The van der Waals surface area contributed by atoms with Gasteiger partial charge in [0.25, 0.3) is 0 Å². The summed E-state index contributed by atoms with van der Waals surface area (Å²) < 4.78 is 42.2. The highest BCUT2D eigenvalue weighted by atomic mass is 79.9. The van der Waals surface area contributed by atoms with Gasteiger partial charge in [-0.05, 0) is 42.8 Å². The maximum Gasteiger partial charge on any atom is 0.433 e. The summed E-state index contributed by atoms with van der Waals surface area (Å²) in [7, 11) is 0. The summed E-state index contributed by atoms with van der Waals surface area (Å²) in [5.41, 5.74) is -1.65. The van der Waals surface area contributed by atoms with E-state index in [2.05, 4.69) is 26.2 Å². The zero-order chi connectivity index (χ0) is 14.8. The fourth-order valence-corrected chi connectivity index (χ4v) is 1.51. The van der Waals surface area contributed by atoms with E-state index in [0.717, 1.165) is 12.3 Å². The van der Waals surface area contributed by atoms with Crippen LogP contribution in [-0.2, 0) is 10.9 Å². The van der Waals surface area contributed by atoms with E-state index < -0.39 is 23.6 Å². The molecule has 0 aliphatic rings. The number of hydrogen-bond acceptors (Lipinski definition) is 3. The van der Waals surface area contributed by atoms with E-state index in [1.165, 1.54) is 0 Å². The van der Waals surface area contributed by atoms with Crippen LogP contribution in [0.4, 0.5) is 23.7 Å². The number of nitrogens with one attached hydrogen (secondary N) is 1. The topological polar surface area (TPSA) is 51.2 Å². The van der Waals surface area contributed by atoms with Crippen molar-refractivity contribution in [3.63, 3.8) is 0 Å². The van der Waals surface area contributed by atoms with Crippen molar-refractivity contribution in [2.45, 2.75) is 32.5 Å². The largest absolute Gasteiger partial charge is 0.444 e. The Morgan fingerprint density at radius 2 is 1.95 bits per heavy atom. The minimum absolute atomic E-state index is 0.0701. The third-order valence-corrected chi connectivity index (χ3v) is 2.44. The smallest absolute Gasteiger partial charge is 0.433 e. The first kappa shape index (κ1) is 15.7. The predicted molar refractivity (Wildman–Crippen MR) is 66.8 cm³/mol. The van der Waals surface area contributed by atoms with Gasteiger partial charge in [0.2, 0.25) is 0 Å². The Labute approximate surface area is 116 Å². The van der Waals surface area contributed by atoms with E-state index >= 15 is 0 Å². The molecule has 1 heterocycles. The third-order valence-electron chi connectivity index (χ3n) is 1.78. The molecule has 1 amide bonds. The number of anilines is 1. The van der Waals surface area contributed by atoms with E-state index in [1.807, 2.05) is 0 Å². The van der Waals surface area contributed by atoms with Crippen LogP contribution in [0.1, 0.15) is 26.5 Å². The second-order valence-electron chi connectivity index (χ2n) is 4.67. The first-order chi connectivity index (χ1) is 8.49. The summed E-state index contributed by atoms with van der Waals surface area (Å²) in [6, 6.07) is 0.784. The maximum atomic E-state index is 12.4. The lowest BCUT2D eigenvalue weighted by molar-refractivity contribution is -0.141. The monoisotopic (exact) mass is 340 g/mol. The lowest BCUT2D eigenvalue weighted by Crippen LogP contribution is -2.27. The van der Waals surface area contributed by atoms with Crippen molar-refractivity contribution in [2.24, 2.45) is 0 Å². The van der Waals surface area contributed by atoms with Gasteiger partial charge in [-0.2, -0.15) is 13.2 Å². The van der Waals surface area contributed by atoms with Crippen molar-refractivity contribution in [1.29, 1.82) is 0 Å². The first-order valence-electron chi connectivity index (χ1n) is 5.22. The molecule has 0 aliphatic carbocycles. The molecule has 0 aromatic carbocycles. The lowest BCUT2D eigenvalue weighted by atomic mass is 10.2. The van der Waals surface area contributed by atoms with Crippen LogP contribution in [0.25, 0.3) is 0 Å². The minimum atomic E-state index is -4.53. The minimum Gasteiger partial charge on any atom is -0.444 e. The van der Waals surface area contributed by atoms with Gasteiger partial charge in [-0.25, -0.2) is 9.78 Å². The zero-order valence-electron chi connectivity index (χ0n) is 10.4. The number of alkyl halides is 3. The Kier molecular flexibility index (Phi) is 4.44. The summed E-state index contributed by atoms with van der Waals surface area (Å²) in [5.74, 6) is 0. The molecular weight excluding hydrogens is 329 g/mol. The molecule has 0 radical (unpaired) electrons. The molecule has 0 saturated heterocycles. The van der Waals surface area contributed by atoms with Gasteiger partial charge in [0.05, 0.1) is 11.9 Å². The van der Waals surface area contributed by atoms with Crippen molar-refractivity contribution in [1.82, 2.24) is 4.98 Å². The highest BCUT2D eigenvalue weighted by molar-refractivity contribution is 9.10. The van der Waals surface area contributed by atoms with Crippen molar-refractivity contribution in [3.05, 3.63) is 22.4 Å². The van der Waals surface area contributed by atoms with Crippen LogP contribution < -0.4 is 5.32 Å². The molecule has 0 spiro atoms. The Hall–Kier alpha value is -1.31. The van der Waals surface area contributed by atoms with Gasteiger partial charge in [0, 0.05) is 4.47 Å². The number of amides is 1. The first-order valence-corrected chi connectivity index (χ1v) is 6.01. The van der Waals surface area contributed by atoms with Crippen molar-refractivity contribution in [3.8, 4) is 0 Å². The fraction of sp³-hybridized carbons (Fsp3) is 0.455. The molecule has 1 aromatic heterocycles. The number of pyridine rings is 1. The number of rotatable bonds is 1. The quantitative estimate of drug-likeness (QED) is 0.833. The Morgan fingerprint density at radius 1 is 1.37 bits per heavy atom. The van der Waals surface area contributed by atoms with Gasteiger partial charge >= 0.3 is 12.3 Å². The molecule has 1 N–H and O–H groups in total. The summed E-state index contributed by atoms with van der Waals surface area (Å²) >= 11 is 2.94. The van der Waals surface area contributed by atoms with Crippen LogP contribution in [0.3, 0.4) is 0 Å². The number of carbonyl (C=O) groups excluding carboxylic acids is 1. The maximum absolute atomic E-state index is 12.4. The highest BCUT2D eigenvalue weighted by Crippen LogP contribution is 2.32. The summed E-state index contributed by atoms with van der Waals surface area (Å²) in [6.45, 7) is 5.02. The van der Waals surface area contributed by atoms with Gasteiger partial charge in [0.1, 0.15) is 11.3 Å². The standard InChI is InChI=1S/C11H12BrF3N2O2/c1-10(2,3)19-9(18)17-7-5-16-8(4-6(7)12)11(13,14)15/h4-5H,1-3H3,(H,17,18). The second kappa shape index (κ2) is 5.36. The average molecular weight is 341 g/mol. The molecule has 106 valence electrons. The van der Waals surface area contributed by atoms with Crippen LogP contribution in [0.2, 0.25) is 0 Å². The molecule has 8 heteroatoms. The molecule has 0 bridgehead atoms. The lowest BCUT2D eigenvalue weighted by Gasteiger charge is -2.20. The molecule has 0 fully saturated rings. The number of halogens is 4. The van der Waals surface area contributed by atoms with Crippen molar-refractivity contribution < 1.29 is 22.7 Å². The van der Waals surface area contributed by atoms with Crippen LogP contribution in [0.5, 0.6) is 0 Å². The van der Waals surface area contributed by atoms with Gasteiger partial charge in [-0.15, -0.1) is 0 Å². The average Bonchev–Trinajstić information content (AvgIpc) is 2.16. The molecule has 0 atom stereocenters. The SMILES string of the molecule is CC(C)(C)OC(=O)Nc1cnc(C(F)(F)F)cc1Br. The van der Waals surface area contributed by atoms with E-state index in [1.54, 1.807) is 20.8 Å². The van der Waals surface area contributed by atoms with E-state index in [4.69, 9.17) is 4.74 Å². The highest BCUT2D eigenvalue weighted by Gasteiger charge is 2.33. The summed E-state index contributed by atoms with van der Waals surface area (Å²) in [4.78, 5) is 14.7. The normalized spacial score (nSPS) is 12.2. The molecular formula is C11H12BrF3N2O2. The van der Waals surface area contributed by atoms with E-state index in [0.29, 0.717) is 0 Å². The van der Waals surface area contributed by atoms with Crippen LogP contribution in [0.15, 0.2) is 16.7 Å². The van der Waals surface area contributed by atoms with Gasteiger partial charge in [0.15, 0.2) is 0 Å². The third kappa shape index (κ3) is 5.06. The van der Waals surface area contributed by atoms with Crippen LogP contribution in [0, 0.1) is 0 Å². The number of aromatic nitrogens is 1. The van der Waals surface area contributed by atoms with Gasteiger partial charge < -0.3 is 4.74 Å². The number of hydrogen-bond donors (Lipinski definition) is 1. The molecule has 4 nitrogen and oxygen atoms in total. The zero-order valence-corrected chi connectivity index (χ0v) is 12.0. The van der Waals surface area contributed by atoms with Gasteiger partial charge in [-0.1, -0.05) is 0 Å². The van der Waals surface area contributed by atoms with Crippen molar-refractivity contribution in [2.75, 3.05) is 5.32 Å². The number of carbonyl (C=O) groups is 1.